The second-order valence-electron chi connectivity index (χ2n) is 4.04. The van der Waals surface area contributed by atoms with E-state index in [-0.39, 0.29) is 5.78 Å². The molecule has 2 aromatic rings. The standard InChI is InChI=1S/C13H13ClN2O/c1-16-9-11(8-15-16)7-13(17)6-10-3-2-4-12(14)5-10/h2-5,8-9H,6-7H2,1H3. The molecule has 0 unspecified atom stereocenters. The normalized spacial score (nSPS) is 10.5. The fraction of sp³-hybridized carbons (Fsp3) is 0.231. The van der Waals surface area contributed by atoms with Crippen LogP contribution in [0.1, 0.15) is 11.1 Å². The third kappa shape index (κ3) is 3.43. The quantitative estimate of drug-likeness (QED) is 0.833. The van der Waals surface area contributed by atoms with E-state index < -0.39 is 0 Å². The molecule has 0 radical (unpaired) electrons. The summed E-state index contributed by atoms with van der Waals surface area (Å²) in [6.45, 7) is 0. The van der Waals surface area contributed by atoms with Crippen LogP contribution in [0.25, 0.3) is 0 Å². The Kier molecular flexibility index (Phi) is 3.59. The Balaban J connectivity index is 1.98. The van der Waals surface area contributed by atoms with E-state index in [9.17, 15) is 4.79 Å². The highest BCUT2D eigenvalue weighted by Crippen LogP contribution is 2.12. The number of halogens is 1. The molecule has 0 aliphatic heterocycles. The molecule has 0 spiro atoms. The highest BCUT2D eigenvalue weighted by molar-refractivity contribution is 6.30. The third-order valence-corrected chi connectivity index (χ3v) is 2.69. The Labute approximate surface area is 105 Å². The number of hydrogen-bond donors (Lipinski definition) is 0. The lowest BCUT2D eigenvalue weighted by atomic mass is 10.1. The second kappa shape index (κ2) is 5.15. The van der Waals surface area contributed by atoms with Gasteiger partial charge in [0.2, 0.25) is 0 Å². The van der Waals surface area contributed by atoms with Crippen molar-refractivity contribution in [3.05, 3.63) is 52.8 Å². The summed E-state index contributed by atoms with van der Waals surface area (Å²) in [5.41, 5.74) is 1.89. The van der Waals surface area contributed by atoms with Crippen LogP contribution in [0, 0.1) is 0 Å². The fourth-order valence-electron chi connectivity index (χ4n) is 1.73. The Hall–Kier alpha value is -1.61. The lowest BCUT2D eigenvalue weighted by Gasteiger charge is -2.00. The second-order valence-corrected chi connectivity index (χ2v) is 4.48. The summed E-state index contributed by atoms with van der Waals surface area (Å²) >= 11 is 5.87. The number of aromatic nitrogens is 2. The van der Waals surface area contributed by atoms with Crippen LogP contribution in [-0.4, -0.2) is 15.6 Å². The van der Waals surface area contributed by atoms with Crippen molar-refractivity contribution >= 4 is 17.4 Å². The first-order valence-electron chi connectivity index (χ1n) is 5.37. The van der Waals surface area contributed by atoms with Gasteiger partial charge in [-0.25, -0.2) is 0 Å². The van der Waals surface area contributed by atoms with Crippen LogP contribution in [0.4, 0.5) is 0 Å². The maximum atomic E-state index is 11.8. The van der Waals surface area contributed by atoms with E-state index in [1.54, 1.807) is 16.9 Å². The molecule has 2 rings (SSSR count). The van der Waals surface area contributed by atoms with Crippen LogP contribution in [0.15, 0.2) is 36.7 Å². The van der Waals surface area contributed by atoms with E-state index in [2.05, 4.69) is 5.10 Å². The van der Waals surface area contributed by atoms with Gasteiger partial charge >= 0.3 is 0 Å². The number of Topliss-reactive ketones (excluding diaryl/α,β-unsaturated/α-hetero) is 1. The van der Waals surface area contributed by atoms with E-state index in [4.69, 9.17) is 11.6 Å². The number of benzene rings is 1. The minimum absolute atomic E-state index is 0.167. The molecule has 0 bridgehead atoms. The van der Waals surface area contributed by atoms with E-state index in [0.29, 0.717) is 17.9 Å². The van der Waals surface area contributed by atoms with Gasteiger partial charge < -0.3 is 0 Å². The maximum absolute atomic E-state index is 11.8. The molecule has 1 aromatic heterocycles. The highest BCUT2D eigenvalue weighted by atomic mass is 35.5. The number of hydrogen-bond acceptors (Lipinski definition) is 2. The molecule has 88 valence electrons. The number of aryl methyl sites for hydroxylation is 1. The summed E-state index contributed by atoms with van der Waals surface area (Å²) in [7, 11) is 1.84. The molecule has 4 heteroatoms. The number of rotatable bonds is 4. The largest absolute Gasteiger partial charge is 0.299 e. The predicted molar refractivity (Wildman–Crippen MR) is 67.1 cm³/mol. The van der Waals surface area contributed by atoms with Crippen LogP contribution >= 0.6 is 11.6 Å². The average Bonchev–Trinajstić information content (AvgIpc) is 2.63. The van der Waals surface area contributed by atoms with E-state index >= 15 is 0 Å². The van der Waals surface area contributed by atoms with Gasteiger partial charge in [0.1, 0.15) is 5.78 Å². The van der Waals surface area contributed by atoms with Crippen molar-refractivity contribution in [2.45, 2.75) is 12.8 Å². The van der Waals surface area contributed by atoms with Gasteiger partial charge in [0.05, 0.1) is 6.20 Å². The molecular formula is C13H13ClN2O. The van der Waals surface area contributed by atoms with Gasteiger partial charge in [-0.15, -0.1) is 0 Å². The molecule has 1 aromatic carbocycles. The van der Waals surface area contributed by atoms with E-state index in [1.165, 1.54) is 0 Å². The lowest BCUT2D eigenvalue weighted by molar-refractivity contribution is -0.117. The zero-order valence-electron chi connectivity index (χ0n) is 9.56. The first kappa shape index (κ1) is 11.9. The van der Waals surface area contributed by atoms with Crippen LogP contribution in [-0.2, 0) is 24.7 Å². The summed E-state index contributed by atoms with van der Waals surface area (Å²) in [4.78, 5) is 11.8. The van der Waals surface area contributed by atoms with Crippen molar-refractivity contribution in [2.24, 2.45) is 7.05 Å². The monoisotopic (exact) mass is 248 g/mol. The van der Waals surface area contributed by atoms with Gasteiger partial charge in [0.25, 0.3) is 0 Å². The molecule has 0 saturated carbocycles. The molecule has 0 amide bonds. The first-order chi connectivity index (χ1) is 8.13. The van der Waals surface area contributed by atoms with Crippen molar-refractivity contribution in [3.63, 3.8) is 0 Å². The van der Waals surface area contributed by atoms with Crippen molar-refractivity contribution in [2.75, 3.05) is 0 Å². The lowest BCUT2D eigenvalue weighted by Crippen LogP contribution is -2.05. The first-order valence-corrected chi connectivity index (χ1v) is 5.75. The molecule has 0 aliphatic rings. The van der Waals surface area contributed by atoms with Crippen LogP contribution < -0.4 is 0 Å². The zero-order valence-corrected chi connectivity index (χ0v) is 10.3. The Morgan fingerprint density at radius 1 is 1.35 bits per heavy atom. The maximum Gasteiger partial charge on any atom is 0.141 e. The molecular weight excluding hydrogens is 236 g/mol. The molecule has 17 heavy (non-hydrogen) atoms. The van der Waals surface area contributed by atoms with Gasteiger partial charge in [-0.05, 0) is 23.3 Å². The molecule has 0 saturated heterocycles. The van der Waals surface area contributed by atoms with Crippen molar-refractivity contribution in [3.8, 4) is 0 Å². The fourth-order valence-corrected chi connectivity index (χ4v) is 1.94. The molecule has 1 heterocycles. The molecule has 0 aliphatic carbocycles. The van der Waals surface area contributed by atoms with Gasteiger partial charge in [-0.3, -0.25) is 9.48 Å². The van der Waals surface area contributed by atoms with Gasteiger partial charge in [-0.1, -0.05) is 23.7 Å². The number of nitrogens with zero attached hydrogens (tertiary/aromatic N) is 2. The summed E-state index contributed by atoms with van der Waals surface area (Å²) in [5, 5.41) is 4.70. The molecule has 3 nitrogen and oxygen atoms in total. The molecule has 0 fully saturated rings. The predicted octanol–water partition coefficient (Wildman–Crippen LogP) is 2.43. The zero-order chi connectivity index (χ0) is 12.3. The SMILES string of the molecule is Cn1cc(CC(=O)Cc2cccc(Cl)c2)cn1. The Morgan fingerprint density at radius 3 is 2.76 bits per heavy atom. The Bertz CT molecular complexity index is 534. The van der Waals surface area contributed by atoms with Crippen molar-refractivity contribution in [1.82, 2.24) is 9.78 Å². The topological polar surface area (TPSA) is 34.9 Å². The van der Waals surface area contributed by atoms with Gasteiger partial charge in [0, 0.05) is 31.1 Å². The molecule has 0 atom stereocenters. The van der Waals surface area contributed by atoms with Crippen molar-refractivity contribution in [1.29, 1.82) is 0 Å². The summed E-state index contributed by atoms with van der Waals surface area (Å²) < 4.78 is 1.70. The van der Waals surface area contributed by atoms with Gasteiger partial charge in [0.15, 0.2) is 0 Å². The van der Waals surface area contributed by atoms with Crippen LogP contribution in [0.5, 0.6) is 0 Å². The highest BCUT2D eigenvalue weighted by Gasteiger charge is 2.07. The van der Waals surface area contributed by atoms with Crippen molar-refractivity contribution < 1.29 is 4.79 Å². The number of carbonyl (C=O) groups excluding carboxylic acids is 1. The van der Waals surface area contributed by atoms with E-state index in [1.807, 2.05) is 31.4 Å². The average molecular weight is 249 g/mol. The van der Waals surface area contributed by atoms with Crippen LogP contribution in [0.2, 0.25) is 5.02 Å². The molecule has 0 N–H and O–H groups in total. The minimum atomic E-state index is 0.167. The smallest absolute Gasteiger partial charge is 0.141 e. The number of ketones is 1. The Morgan fingerprint density at radius 2 is 2.12 bits per heavy atom. The number of carbonyl (C=O) groups is 1. The minimum Gasteiger partial charge on any atom is -0.299 e. The van der Waals surface area contributed by atoms with Gasteiger partial charge in [-0.2, -0.15) is 5.10 Å². The summed E-state index contributed by atoms with van der Waals surface area (Å²) in [6.07, 6.45) is 4.40. The summed E-state index contributed by atoms with van der Waals surface area (Å²) in [5.74, 6) is 0.167. The van der Waals surface area contributed by atoms with Crippen LogP contribution in [0.3, 0.4) is 0 Å². The summed E-state index contributed by atoms with van der Waals surface area (Å²) in [6, 6.07) is 7.39. The third-order valence-electron chi connectivity index (χ3n) is 2.45. The van der Waals surface area contributed by atoms with E-state index in [0.717, 1.165) is 11.1 Å².